The van der Waals surface area contributed by atoms with Crippen molar-refractivity contribution in [1.29, 1.82) is 0 Å². The van der Waals surface area contributed by atoms with Gasteiger partial charge < -0.3 is 0 Å². The summed E-state index contributed by atoms with van der Waals surface area (Å²) >= 11 is 1.99. The van der Waals surface area contributed by atoms with Gasteiger partial charge in [-0.1, -0.05) is 5.92 Å². The molecule has 1 rings (SSSR count). The molecule has 46 valence electrons. The third-order valence-corrected chi connectivity index (χ3v) is 1.16. The SMILES string of the molecule is IC#CCn1cncn1. The number of halogens is 1. The Kier molecular flexibility index (Phi) is 2.51. The molecule has 4 heteroatoms. The van der Waals surface area contributed by atoms with E-state index >= 15 is 0 Å². The van der Waals surface area contributed by atoms with Gasteiger partial charge in [0.1, 0.15) is 19.2 Å². The van der Waals surface area contributed by atoms with Crippen molar-refractivity contribution in [2.24, 2.45) is 0 Å². The zero-order chi connectivity index (χ0) is 6.53. The van der Waals surface area contributed by atoms with Crippen LogP contribution >= 0.6 is 22.6 Å². The summed E-state index contributed by atoms with van der Waals surface area (Å²) < 4.78 is 4.41. The molecule has 9 heavy (non-hydrogen) atoms. The van der Waals surface area contributed by atoms with Crippen LogP contribution in [0.4, 0.5) is 0 Å². The first kappa shape index (κ1) is 6.55. The van der Waals surface area contributed by atoms with Gasteiger partial charge in [0, 0.05) is 22.6 Å². The molecule has 0 saturated heterocycles. The molecule has 0 N–H and O–H groups in total. The molecule has 0 aliphatic heterocycles. The minimum absolute atomic E-state index is 0.628. The van der Waals surface area contributed by atoms with Crippen molar-refractivity contribution < 1.29 is 0 Å². The van der Waals surface area contributed by atoms with Crippen LogP contribution < -0.4 is 0 Å². The van der Waals surface area contributed by atoms with E-state index in [1.54, 1.807) is 11.0 Å². The third-order valence-electron chi connectivity index (χ3n) is 0.774. The first-order valence-corrected chi connectivity index (χ1v) is 3.42. The van der Waals surface area contributed by atoms with Gasteiger partial charge in [-0.15, -0.1) is 0 Å². The van der Waals surface area contributed by atoms with Gasteiger partial charge in [0.2, 0.25) is 0 Å². The molecule has 1 aromatic rings. The van der Waals surface area contributed by atoms with Crippen molar-refractivity contribution in [1.82, 2.24) is 14.8 Å². The molecule has 0 fully saturated rings. The molecule has 0 saturated carbocycles. The summed E-state index contributed by atoms with van der Waals surface area (Å²) in [5, 5.41) is 3.85. The van der Waals surface area contributed by atoms with Crippen LogP contribution in [0, 0.1) is 9.85 Å². The van der Waals surface area contributed by atoms with E-state index in [4.69, 9.17) is 0 Å². The van der Waals surface area contributed by atoms with E-state index in [1.807, 2.05) is 22.6 Å². The number of nitrogens with zero attached hydrogens (tertiary/aromatic N) is 3. The van der Waals surface area contributed by atoms with Gasteiger partial charge in [-0.25, -0.2) is 9.67 Å². The first-order chi connectivity index (χ1) is 4.43. The fourth-order valence-electron chi connectivity index (χ4n) is 0.425. The molecule has 0 bridgehead atoms. The zero-order valence-corrected chi connectivity index (χ0v) is 6.74. The third kappa shape index (κ3) is 2.01. The Hall–Kier alpha value is -0.570. The largest absolute Gasteiger partial charge is 0.241 e. The van der Waals surface area contributed by atoms with Crippen LogP contribution in [0.2, 0.25) is 0 Å². The highest BCUT2D eigenvalue weighted by atomic mass is 127. The van der Waals surface area contributed by atoms with Gasteiger partial charge in [0.15, 0.2) is 0 Å². The maximum absolute atomic E-state index is 3.85. The average Bonchev–Trinajstić information content (AvgIpc) is 2.34. The smallest absolute Gasteiger partial charge is 0.137 e. The molecule has 0 radical (unpaired) electrons. The Balaban J connectivity index is 2.54. The summed E-state index contributed by atoms with van der Waals surface area (Å²) in [6.07, 6.45) is 3.13. The standard InChI is InChI=1S/C5H4IN3/c6-2-1-3-9-5-7-4-8-9/h4-5H,3H2. The predicted octanol–water partition coefficient (Wildman–Crippen LogP) is 0.674. The van der Waals surface area contributed by atoms with E-state index < -0.39 is 0 Å². The van der Waals surface area contributed by atoms with Crippen molar-refractivity contribution in [2.45, 2.75) is 6.54 Å². The zero-order valence-electron chi connectivity index (χ0n) is 4.58. The minimum Gasteiger partial charge on any atom is -0.241 e. The van der Waals surface area contributed by atoms with Crippen LogP contribution in [0.5, 0.6) is 0 Å². The molecule has 0 spiro atoms. The van der Waals surface area contributed by atoms with E-state index in [1.165, 1.54) is 6.33 Å². The van der Waals surface area contributed by atoms with Crippen LogP contribution in [-0.2, 0) is 6.54 Å². The summed E-state index contributed by atoms with van der Waals surface area (Å²) in [6, 6.07) is 0. The molecule has 0 aliphatic carbocycles. The van der Waals surface area contributed by atoms with Gasteiger partial charge in [0.05, 0.1) is 0 Å². The molecule has 0 aromatic carbocycles. The topological polar surface area (TPSA) is 30.7 Å². The lowest BCUT2D eigenvalue weighted by Crippen LogP contribution is -1.94. The van der Waals surface area contributed by atoms with E-state index in [0.29, 0.717) is 6.54 Å². The molecule has 0 amide bonds. The molecule has 0 unspecified atom stereocenters. The highest BCUT2D eigenvalue weighted by molar-refractivity contribution is 14.1. The number of rotatable bonds is 1. The van der Waals surface area contributed by atoms with E-state index in [-0.39, 0.29) is 0 Å². The van der Waals surface area contributed by atoms with Crippen LogP contribution in [0.15, 0.2) is 12.7 Å². The van der Waals surface area contributed by atoms with Gasteiger partial charge in [0.25, 0.3) is 0 Å². The average molecular weight is 233 g/mol. The fourth-order valence-corrected chi connectivity index (χ4v) is 0.596. The second-order valence-corrected chi connectivity index (χ2v) is 1.90. The summed E-state index contributed by atoms with van der Waals surface area (Å²) in [7, 11) is 0. The lowest BCUT2D eigenvalue weighted by atomic mass is 10.7. The fraction of sp³-hybridized carbons (Fsp3) is 0.200. The lowest BCUT2D eigenvalue weighted by molar-refractivity contribution is 0.713. The van der Waals surface area contributed by atoms with Crippen LogP contribution in [0.1, 0.15) is 0 Å². The van der Waals surface area contributed by atoms with Gasteiger partial charge in [-0.3, -0.25) is 0 Å². The van der Waals surface area contributed by atoms with Crippen molar-refractivity contribution in [2.75, 3.05) is 0 Å². The number of hydrogen-bond donors (Lipinski definition) is 0. The molecule has 1 heterocycles. The van der Waals surface area contributed by atoms with Crippen LogP contribution in [0.3, 0.4) is 0 Å². The van der Waals surface area contributed by atoms with Gasteiger partial charge >= 0.3 is 0 Å². The second-order valence-electron chi connectivity index (χ2n) is 1.36. The van der Waals surface area contributed by atoms with Crippen molar-refractivity contribution >= 4 is 22.6 Å². The van der Waals surface area contributed by atoms with Crippen LogP contribution in [-0.4, -0.2) is 14.8 Å². The minimum atomic E-state index is 0.628. The molecule has 0 aliphatic rings. The summed E-state index contributed by atoms with van der Waals surface area (Å²) in [6.45, 7) is 0.628. The summed E-state index contributed by atoms with van der Waals surface area (Å²) in [5.74, 6) is 2.85. The Morgan fingerprint density at radius 3 is 3.11 bits per heavy atom. The van der Waals surface area contributed by atoms with Gasteiger partial charge in [-0.2, -0.15) is 5.10 Å². The van der Waals surface area contributed by atoms with Gasteiger partial charge in [-0.05, 0) is 3.93 Å². The molecule has 3 nitrogen and oxygen atoms in total. The monoisotopic (exact) mass is 233 g/mol. The molecular formula is C5H4IN3. The lowest BCUT2D eigenvalue weighted by Gasteiger charge is -1.85. The Labute approximate surface area is 66.6 Å². The van der Waals surface area contributed by atoms with Crippen molar-refractivity contribution in [3.8, 4) is 9.85 Å². The first-order valence-electron chi connectivity index (χ1n) is 2.34. The van der Waals surface area contributed by atoms with E-state index in [2.05, 4.69) is 19.9 Å². The summed E-state index contributed by atoms with van der Waals surface area (Å²) in [4.78, 5) is 3.76. The van der Waals surface area contributed by atoms with E-state index in [9.17, 15) is 0 Å². The highest BCUT2D eigenvalue weighted by Gasteiger charge is 1.82. The van der Waals surface area contributed by atoms with Crippen molar-refractivity contribution in [3.05, 3.63) is 12.7 Å². The summed E-state index contributed by atoms with van der Waals surface area (Å²) in [5.41, 5.74) is 0. The quantitative estimate of drug-likeness (QED) is 0.527. The number of hydrogen-bond acceptors (Lipinski definition) is 2. The maximum atomic E-state index is 3.85. The molecule has 1 aromatic heterocycles. The highest BCUT2D eigenvalue weighted by Crippen LogP contribution is 1.78. The molecule has 0 atom stereocenters. The van der Waals surface area contributed by atoms with Crippen molar-refractivity contribution in [3.63, 3.8) is 0 Å². The van der Waals surface area contributed by atoms with Crippen LogP contribution in [0.25, 0.3) is 0 Å². The normalized spacial score (nSPS) is 8.11. The Bertz CT molecular complexity index is 218. The maximum Gasteiger partial charge on any atom is 0.137 e. The Morgan fingerprint density at radius 2 is 2.56 bits per heavy atom. The van der Waals surface area contributed by atoms with E-state index in [0.717, 1.165) is 0 Å². The predicted molar refractivity (Wildman–Crippen MR) is 41.8 cm³/mol. The number of aromatic nitrogens is 3. The molecular weight excluding hydrogens is 229 g/mol. The second kappa shape index (κ2) is 3.45. The Morgan fingerprint density at radius 1 is 1.67 bits per heavy atom.